The Morgan fingerprint density at radius 2 is 2.05 bits per heavy atom. The molecule has 0 radical (unpaired) electrons. The summed E-state index contributed by atoms with van der Waals surface area (Å²) in [5.41, 5.74) is 6.79. The summed E-state index contributed by atoms with van der Waals surface area (Å²) in [7, 11) is -0.883. The molecule has 6 nitrogen and oxygen atoms in total. The van der Waals surface area contributed by atoms with E-state index < -0.39 is 10.0 Å². The van der Waals surface area contributed by atoms with Crippen LogP contribution in [0.1, 0.15) is 12.0 Å². The third-order valence-electron chi connectivity index (χ3n) is 2.94. The minimum Gasteiger partial charge on any atom is -0.398 e. The van der Waals surface area contributed by atoms with Gasteiger partial charge in [0.05, 0.1) is 5.02 Å². The lowest BCUT2D eigenvalue weighted by Gasteiger charge is -2.18. The summed E-state index contributed by atoms with van der Waals surface area (Å²) in [6.07, 6.45) is 0.0746. The smallest absolute Gasteiger partial charge is 0.244 e. The summed E-state index contributed by atoms with van der Waals surface area (Å²) in [6, 6.07) is 2.85. The van der Waals surface area contributed by atoms with E-state index in [0.29, 0.717) is 11.3 Å². The highest BCUT2D eigenvalue weighted by atomic mass is 35.5. The number of nitrogens with one attached hydrogen (secondary N) is 1. The van der Waals surface area contributed by atoms with Crippen molar-refractivity contribution in [3.8, 4) is 0 Å². The molecule has 0 saturated heterocycles. The largest absolute Gasteiger partial charge is 0.398 e. The minimum atomic E-state index is -3.77. The van der Waals surface area contributed by atoms with E-state index >= 15 is 0 Å². The van der Waals surface area contributed by atoms with Gasteiger partial charge in [-0.1, -0.05) is 11.6 Å². The number of hydrogen-bond acceptors (Lipinski definition) is 4. The van der Waals surface area contributed by atoms with Gasteiger partial charge in [-0.3, -0.25) is 4.79 Å². The number of halogens is 1. The molecule has 0 atom stereocenters. The lowest BCUT2D eigenvalue weighted by molar-refractivity contribution is -0.120. The van der Waals surface area contributed by atoms with Gasteiger partial charge < -0.3 is 11.1 Å². The van der Waals surface area contributed by atoms with Crippen molar-refractivity contribution in [2.45, 2.75) is 18.2 Å². The SMILES string of the molecule is CNC(=O)CCN(C)S(=O)(=O)c1cc(N)c(C)cc1Cl. The first-order valence-electron chi connectivity index (χ1n) is 5.92. The van der Waals surface area contributed by atoms with E-state index in [1.54, 1.807) is 6.92 Å². The molecule has 0 aliphatic rings. The highest BCUT2D eigenvalue weighted by Gasteiger charge is 2.24. The van der Waals surface area contributed by atoms with E-state index in [4.69, 9.17) is 17.3 Å². The summed E-state index contributed by atoms with van der Waals surface area (Å²) in [5.74, 6) is -0.235. The highest BCUT2D eigenvalue weighted by molar-refractivity contribution is 7.89. The standard InChI is InChI=1S/C12H18ClN3O3S/c1-8-6-9(13)11(7-10(8)14)20(18,19)16(3)5-4-12(17)15-2/h6-7H,4-5,14H2,1-3H3,(H,15,17). The summed E-state index contributed by atoms with van der Waals surface area (Å²) in [6.45, 7) is 1.80. The normalized spacial score (nSPS) is 11.7. The van der Waals surface area contributed by atoms with E-state index in [9.17, 15) is 13.2 Å². The van der Waals surface area contributed by atoms with Crippen LogP contribution in [0.3, 0.4) is 0 Å². The Labute approximate surface area is 123 Å². The molecule has 1 rings (SSSR count). The van der Waals surface area contributed by atoms with Crippen molar-refractivity contribution in [2.24, 2.45) is 0 Å². The van der Waals surface area contributed by atoms with Gasteiger partial charge in [0.2, 0.25) is 15.9 Å². The predicted molar refractivity (Wildman–Crippen MR) is 79.1 cm³/mol. The number of rotatable bonds is 5. The molecule has 1 aromatic carbocycles. The molecule has 0 aromatic heterocycles. The fourth-order valence-corrected chi connectivity index (χ4v) is 3.30. The van der Waals surface area contributed by atoms with E-state index in [1.807, 2.05) is 0 Å². The molecule has 20 heavy (non-hydrogen) atoms. The van der Waals surface area contributed by atoms with Crippen molar-refractivity contribution in [2.75, 3.05) is 26.4 Å². The second kappa shape index (κ2) is 6.43. The first kappa shape index (κ1) is 16.7. The van der Waals surface area contributed by atoms with Crippen molar-refractivity contribution in [3.63, 3.8) is 0 Å². The van der Waals surface area contributed by atoms with Crippen molar-refractivity contribution >= 4 is 33.2 Å². The molecule has 0 unspecified atom stereocenters. The maximum absolute atomic E-state index is 12.4. The number of aryl methyl sites for hydroxylation is 1. The van der Waals surface area contributed by atoms with Gasteiger partial charge in [0.15, 0.2) is 0 Å². The van der Waals surface area contributed by atoms with Gasteiger partial charge in [0.25, 0.3) is 0 Å². The van der Waals surface area contributed by atoms with E-state index in [2.05, 4.69) is 5.32 Å². The van der Waals surface area contributed by atoms with Crippen LogP contribution in [-0.4, -0.2) is 39.3 Å². The molecule has 112 valence electrons. The number of carbonyl (C=O) groups excluding carboxylic acids is 1. The molecule has 1 amide bonds. The van der Waals surface area contributed by atoms with Gasteiger partial charge in [-0.25, -0.2) is 12.7 Å². The average molecular weight is 320 g/mol. The molecule has 8 heteroatoms. The van der Waals surface area contributed by atoms with E-state index in [1.165, 1.54) is 26.2 Å². The zero-order valence-corrected chi connectivity index (χ0v) is 13.2. The van der Waals surface area contributed by atoms with Crippen LogP contribution in [0.4, 0.5) is 5.69 Å². The Hall–Kier alpha value is -1.31. The van der Waals surface area contributed by atoms with Crippen LogP contribution in [0, 0.1) is 6.92 Å². The zero-order chi connectivity index (χ0) is 15.5. The third-order valence-corrected chi connectivity index (χ3v) is 5.26. The molecule has 1 aromatic rings. The quantitative estimate of drug-likeness (QED) is 0.791. The predicted octanol–water partition coefficient (Wildman–Crippen LogP) is 0.987. The Morgan fingerprint density at radius 1 is 1.45 bits per heavy atom. The minimum absolute atomic E-state index is 0.0540. The van der Waals surface area contributed by atoms with E-state index in [0.717, 1.165) is 4.31 Å². The number of nitrogens with zero attached hydrogens (tertiary/aromatic N) is 1. The van der Waals surface area contributed by atoms with E-state index in [-0.39, 0.29) is 28.8 Å². The molecule has 0 aliphatic carbocycles. The summed E-state index contributed by atoms with van der Waals surface area (Å²) >= 11 is 5.98. The fraction of sp³-hybridized carbons (Fsp3) is 0.417. The maximum atomic E-state index is 12.4. The lowest BCUT2D eigenvalue weighted by Crippen LogP contribution is -2.31. The number of benzene rings is 1. The average Bonchev–Trinajstić information content (AvgIpc) is 2.39. The third kappa shape index (κ3) is 3.62. The van der Waals surface area contributed by atoms with Crippen molar-refractivity contribution in [1.82, 2.24) is 9.62 Å². The Balaban J connectivity index is 3.04. The number of anilines is 1. The van der Waals surface area contributed by atoms with Crippen LogP contribution in [0.2, 0.25) is 5.02 Å². The highest BCUT2D eigenvalue weighted by Crippen LogP contribution is 2.28. The van der Waals surface area contributed by atoms with Gasteiger partial charge in [0, 0.05) is 32.7 Å². The first-order chi connectivity index (χ1) is 9.20. The molecule has 0 spiro atoms. The fourth-order valence-electron chi connectivity index (χ4n) is 1.54. The number of carbonyl (C=O) groups is 1. The number of amides is 1. The van der Waals surface area contributed by atoms with Crippen molar-refractivity contribution in [3.05, 3.63) is 22.7 Å². The lowest BCUT2D eigenvalue weighted by atomic mass is 10.2. The number of hydrogen-bond donors (Lipinski definition) is 2. The number of sulfonamides is 1. The van der Waals surface area contributed by atoms with Crippen LogP contribution in [0.5, 0.6) is 0 Å². The van der Waals surface area contributed by atoms with Crippen LogP contribution in [0.25, 0.3) is 0 Å². The van der Waals surface area contributed by atoms with Gasteiger partial charge in [0.1, 0.15) is 4.90 Å². The number of nitrogens with two attached hydrogens (primary N) is 1. The summed E-state index contributed by atoms with van der Waals surface area (Å²) in [5, 5.41) is 2.55. The van der Waals surface area contributed by atoms with Crippen LogP contribution >= 0.6 is 11.6 Å². The maximum Gasteiger partial charge on any atom is 0.244 e. The van der Waals surface area contributed by atoms with Crippen LogP contribution in [0.15, 0.2) is 17.0 Å². The molecule has 0 saturated carbocycles. The second-order valence-corrected chi connectivity index (χ2v) is 6.81. The number of nitrogen functional groups attached to an aromatic ring is 1. The first-order valence-corrected chi connectivity index (χ1v) is 7.74. The molecular weight excluding hydrogens is 302 g/mol. The van der Waals surface area contributed by atoms with Gasteiger partial charge in [-0.15, -0.1) is 0 Å². The van der Waals surface area contributed by atoms with Gasteiger partial charge >= 0.3 is 0 Å². The molecule has 0 bridgehead atoms. The molecule has 3 N–H and O–H groups in total. The Bertz CT molecular complexity index is 617. The van der Waals surface area contributed by atoms with Crippen LogP contribution in [-0.2, 0) is 14.8 Å². The Morgan fingerprint density at radius 3 is 2.60 bits per heavy atom. The van der Waals surface area contributed by atoms with Crippen molar-refractivity contribution < 1.29 is 13.2 Å². The van der Waals surface area contributed by atoms with Crippen molar-refractivity contribution in [1.29, 1.82) is 0 Å². The molecule has 0 fully saturated rings. The second-order valence-electron chi connectivity index (χ2n) is 4.39. The summed E-state index contributed by atoms with van der Waals surface area (Å²) in [4.78, 5) is 11.1. The molecule has 0 aliphatic heterocycles. The van der Waals surface area contributed by atoms with Gasteiger partial charge in [-0.2, -0.15) is 0 Å². The van der Waals surface area contributed by atoms with Crippen LogP contribution < -0.4 is 11.1 Å². The molecular formula is C12H18ClN3O3S. The summed E-state index contributed by atoms with van der Waals surface area (Å²) < 4.78 is 25.8. The Kier molecular flexibility index (Phi) is 5.38. The zero-order valence-electron chi connectivity index (χ0n) is 11.6. The van der Waals surface area contributed by atoms with Gasteiger partial charge in [-0.05, 0) is 24.6 Å². The molecule has 0 heterocycles. The topological polar surface area (TPSA) is 92.5 Å². The monoisotopic (exact) mass is 319 g/mol.